The number of nitrogens with one attached hydrogen (secondary N) is 4. The van der Waals surface area contributed by atoms with Crippen LogP contribution in [-0.2, 0) is 33.3 Å². The van der Waals surface area contributed by atoms with Crippen LogP contribution in [0.25, 0.3) is 10.8 Å². The fourth-order valence-electron chi connectivity index (χ4n) is 7.24. The molecule has 18 nitrogen and oxygen atoms in total. The number of pyridine rings is 1. The third-order valence-electron chi connectivity index (χ3n) is 10.3. The minimum absolute atomic E-state index is 0.0478. The van der Waals surface area contributed by atoms with E-state index in [-0.39, 0.29) is 55.5 Å². The maximum atomic E-state index is 14.2. The Kier molecular flexibility index (Phi) is 15.3. The van der Waals surface area contributed by atoms with Gasteiger partial charge in [0.15, 0.2) is 6.17 Å². The van der Waals surface area contributed by atoms with Gasteiger partial charge >= 0.3 is 0 Å². The number of carbonyl (C=O) groups is 6. The Balaban J connectivity index is 0.800. The second kappa shape index (κ2) is 21.0. The molecule has 322 valence electrons. The van der Waals surface area contributed by atoms with Crippen molar-refractivity contribution in [1.82, 2.24) is 25.8 Å². The molecule has 0 saturated carbocycles. The van der Waals surface area contributed by atoms with Gasteiger partial charge in [-0.25, -0.2) is 9.37 Å². The van der Waals surface area contributed by atoms with E-state index in [1.807, 2.05) is 6.92 Å². The van der Waals surface area contributed by atoms with Crippen LogP contribution >= 0.6 is 0 Å². The first kappa shape index (κ1) is 43.8. The van der Waals surface area contributed by atoms with Crippen LogP contribution in [0.4, 0.5) is 10.1 Å². The minimum Gasteiger partial charge on any atom is -0.496 e. The smallest absolute Gasteiger partial charge is 0.264 e. The number of fused-ring (bicyclic) bond motifs is 2. The molecule has 4 atom stereocenters. The molecule has 0 bridgehead atoms. The van der Waals surface area contributed by atoms with Crippen LogP contribution in [0.5, 0.6) is 11.6 Å². The highest BCUT2D eigenvalue weighted by Gasteiger charge is 2.46. The monoisotopic (exact) mass is 836 g/mol. The van der Waals surface area contributed by atoms with Gasteiger partial charge in [-0.1, -0.05) is 13.0 Å². The lowest BCUT2D eigenvalue weighted by molar-refractivity contribution is -0.136. The molecule has 2 saturated heterocycles. The molecular weight excluding hydrogens is 787 g/mol. The van der Waals surface area contributed by atoms with Crippen LogP contribution in [0.2, 0.25) is 0 Å². The lowest BCUT2D eigenvalue weighted by atomic mass is 9.97. The Bertz CT molecular complexity index is 2070. The summed E-state index contributed by atoms with van der Waals surface area (Å²) in [5.74, 6) is -3.13. The van der Waals surface area contributed by atoms with E-state index in [0.717, 1.165) is 4.90 Å². The maximum absolute atomic E-state index is 14.2. The summed E-state index contributed by atoms with van der Waals surface area (Å²) in [4.78, 5) is 80.2. The number of amides is 6. The van der Waals surface area contributed by atoms with Crippen molar-refractivity contribution in [2.75, 3.05) is 85.0 Å². The van der Waals surface area contributed by atoms with Gasteiger partial charge in [0, 0.05) is 42.7 Å². The summed E-state index contributed by atoms with van der Waals surface area (Å²) in [7, 11) is 1.45. The van der Waals surface area contributed by atoms with E-state index < -0.39 is 53.7 Å². The zero-order valence-electron chi connectivity index (χ0n) is 33.4. The number of methoxy groups -OCH3 is 1. The number of halogens is 1. The average molecular weight is 837 g/mol. The zero-order chi connectivity index (χ0) is 42.6. The Hall–Kier alpha value is -5.76. The second-order valence-corrected chi connectivity index (χ2v) is 14.1. The van der Waals surface area contributed by atoms with Gasteiger partial charge in [-0.3, -0.25) is 39.0 Å². The quantitative estimate of drug-likeness (QED) is 0.0791. The van der Waals surface area contributed by atoms with Crippen LogP contribution in [0.15, 0.2) is 42.6 Å². The van der Waals surface area contributed by atoms with Gasteiger partial charge in [0.25, 0.3) is 23.6 Å². The first-order valence-corrected chi connectivity index (χ1v) is 19.8. The summed E-state index contributed by atoms with van der Waals surface area (Å²) >= 11 is 0. The topological polar surface area (TPSA) is 222 Å². The molecule has 6 rings (SSSR count). The number of benzene rings is 2. The fraction of sp³-hybridized carbons (Fsp3) is 0.488. The lowest BCUT2D eigenvalue weighted by Gasteiger charge is -2.27. The number of aromatic nitrogens is 1. The number of hydrogen-bond acceptors (Lipinski definition) is 14. The molecule has 1 aromatic heterocycles. The highest BCUT2D eigenvalue weighted by Crippen LogP contribution is 2.33. The van der Waals surface area contributed by atoms with Gasteiger partial charge in [0.1, 0.15) is 18.4 Å². The van der Waals surface area contributed by atoms with Gasteiger partial charge in [-0.05, 0) is 48.6 Å². The van der Waals surface area contributed by atoms with Gasteiger partial charge in [-0.2, -0.15) is 0 Å². The van der Waals surface area contributed by atoms with E-state index >= 15 is 0 Å². The molecule has 0 radical (unpaired) electrons. The van der Waals surface area contributed by atoms with Gasteiger partial charge < -0.3 is 44.4 Å². The predicted molar refractivity (Wildman–Crippen MR) is 212 cm³/mol. The van der Waals surface area contributed by atoms with Gasteiger partial charge in [0.05, 0.1) is 82.7 Å². The number of ether oxygens (including phenoxy) is 6. The predicted octanol–water partition coefficient (Wildman–Crippen LogP) is 1.79. The van der Waals surface area contributed by atoms with Crippen LogP contribution in [0, 0.1) is 5.92 Å². The molecule has 19 heteroatoms. The molecular formula is C41H49FN6O12. The molecule has 2 aromatic carbocycles. The molecule has 3 aliphatic heterocycles. The van der Waals surface area contributed by atoms with Crippen LogP contribution in [-0.4, -0.2) is 143 Å². The number of hydrogen-bond donors (Lipinski definition) is 4. The number of piperidine rings is 1. The Labute approximate surface area is 345 Å². The third kappa shape index (κ3) is 10.3. The van der Waals surface area contributed by atoms with Crippen LogP contribution < -0.4 is 30.7 Å². The first-order valence-electron chi connectivity index (χ1n) is 19.8. The summed E-state index contributed by atoms with van der Waals surface area (Å²) in [5, 5.41) is 12.1. The number of imide groups is 2. The van der Waals surface area contributed by atoms with Crippen LogP contribution in [0.1, 0.15) is 57.3 Å². The molecule has 3 aromatic rings. The van der Waals surface area contributed by atoms with Crippen molar-refractivity contribution in [2.24, 2.45) is 5.92 Å². The normalized spacial score (nSPS) is 20.0. The highest BCUT2D eigenvalue weighted by atomic mass is 19.1. The molecule has 4 N–H and O–H groups in total. The van der Waals surface area contributed by atoms with Crippen molar-refractivity contribution in [3.63, 3.8) is 0 Å². The Morgan fingerprint density at radius 3 is 2.28 bits per heavy atom. The van der Waals surface area contributed by atoms with E-state index in [1.54, 1.807) is 36.5 Å². The molecule has 3 aliphatic rings. The van der Waals surface area contributed by atoms with E-state index in [1.165, 1.54) is 13.2 Å². The molecule has 2 fully saturated rings. The molecule has 4 heterocycles. The molecule has 0 spiro atoms. The second-order valence-electron chi connectivity index (χ2n) is 14.1. The van der Waals surface area contributed by atoms with Gasteiger partial charge in [0.2, 0.25) is 17.7 Å². The largest absolute Gasteiger partial charge is 0.496 e. The minimum atomic E-state index is -1.57. The third-order valence-corrected chi connectivity index (χ3v) is 10.3. The summed E-state index contributed by atoms with van der Waals surface area (Å²) in [6, 6.07) is 8.43. The Morgan fingerprint density at radius 2 is 1.60 bits per heavy atom. The SMILES string of the molecule is CC[C@@H]1[C@H](F)C(=O)N[C@@H]1COc1nccc2cc(C(=O)NCCOCCOCCOCCOCCNc3cccc4c3C(=O)N(C3CCC(=O)NC3=O)C4=O)c(OC)cc12. The molecule has 0 aliphatic carbocycles. The number of rotatable bonds is 23. The maximum Gasteiger partial charge on any atom is 0.264 e. The zero-order valence-corrected chi connectivity index (χ0v) is 33.4. The standard InChI is InChI=1S/C41H49FN6O12/c1-3-25-30(46-38(52)35(25)42)23-60-39-27-22-32(55-2)28(21-24(27)9-10-45-39)36(50)44-12-14-57-16-18-59-20-19-58-17-15-56-13-11-43-29-6-4-5-26-34(29)41(54)48(40(26)53)31-7-8-33(49)47-37(31)51/h4-6,9-10,21-22,25,30-31,35,43H,3,7-8,11-20,23H2,1-2H3,(H,44,50)(H,46,52)(H,47,49,51)/t25-,30+,31?,35-/m0/s1. The van der Waals surface area contributed by atoms with Crippen LogP contribution in [0.3, 0.4) is 0 Å². The van der Waals surface area contributed by atoms with Crippen molar-refractivity contribution >= 4 is 51.9 Å². The number of carbonyl (C=O) groups excluding carboxylic acids is 6. The lowest BCUT2D eigenvalue weighted by Crippen LogP contribution is -2.54. The van der Waals surface area contributed by atoms with Crippen molar-refractivity contribution < 1.29 is 61.6 Å². The number of anilines is 1. The first-order chi connectivity index (χ1) is 29.1. The fourth-order valence-corrected chi connectivity index (χ4v) is 7.24. The Morgan fingerprint density at radius 1 is 0.900 bits per heavy atom. The summed E-state index contributed by atoms with van der Waals surface area (Å²) in [6.45, 7) is 5.04. The number of alkyl halides is 1. The van der Waals surface area contributed by atoms with Gasteiger partial charge in [-0.15, -0.1) is 0 Å². The van der Waals surface area contributed by atoms with Crippen molar-refractivity contribution in [2.45, 2.75) is 44.4 Å². The summed E-state index contributed by atoms with van der Waals surface area (Å²) in [5.41, 5.74) is 1.15. The van der Waals surface area contributed by atoms with Crippen molar-refractivity contribution in [1.29, 1.82) is 0 Å². The molecule has 60 heavy (non-hydrogen) atoms. The molecule has 6 amide bonds. The summed E-state index contributed by atoms with van der Waals surface area (Å²) in [6.07, 6.45) is 0.593. The molecule has 1 unspecified atom stereocenters. The van der Waals surface area contributed by atoms with E-state index in [4.69, 9.17) is 28.4 Å². The highest BCUT2D eigenvalue weighted by molar-refractivity contribution is 6.25. The average Bonchev–Trinajstić information content (AvgIpc) is 3.67. The van der Waals surface area contributed by atoms with Crippen molar-refractivity contribution in [3.05, 3.63) is 59.3 Å². The van der Waals surface area contributed by atoms with E-state index in [2.05, 4.69) is 26.3 Å². The summed E-state index contributed by atoms with van der Waals surface area (Å²) < 4.78 is 47.9. The number of nitrogens with zero attached hydrogens (tertiary/aromatic N) is 2. The van der Waals surface area contributed by atoms with Crippen molar-refractivity contribution in [3.8, 4) is 11.6 Å². The van der Waals surface area contributed by atoms with E-state index in [0.29, 0.717) is 87.0 Å². The van der Waals surface area contributed by atoms with E-state index in [9.17, 15) is 33.2 Å².